The van der Waals surface area contributed by atoms with E-state index >= 15 is 0 Å². The fraction of sp³-hybridized carbons (Fsp3) is 0.294. The Morgan fingerprint density at radius 1 is 1.05 bits per heavy atom. The van der Waals surface area contributed by atoms with Crippen molar-refractivity contribution in [2.24, 2.45) is 0 Å². The van der Waals surface area contributed by atoms with Crippen molar-refractivity contribution in [1.29, 1.82) is 0 Å². The van der Waals surface area contributed by atoms with Crippen molar-refractivity contribution in [2.45, 2.75) is 42.9 Å². The topological polar surface area (TPSA) is 23.1 Å². The van der Waals surface area contributed by atoms with Crippen LogP contribution in [0.1, 0.15) is 36.1 Å². The van der Waals surface area contributed by atoms with Crippen molar-refractivity contribution in [2.75, 3.05) is 0 Å². The predicted molar refractivity (Wildman–Crippen MR) is 79.1 cm³/mol. The molecule has 0 spiro atoms. The Bertz CT molecular complexity index is 619. The number of hydrogen-bond donors (Lipinski definition) is 0. The molecule has 0 N–H and O–H groups in total. The summed E-state index contributed by atoms with van der Waals surface area (Å²) in [7, 11) is 0. The Morgan fingerprint density at radius 2 is 1.89 bits per heavy atom. The van der Waals surface area contributed by atoms with Crippen molar-refractivity contribution < 1.29 is 4.55 Å². The average Bonchev–Trinajstić information content (AvgIpc) is 2.46. The zero-order valence-corrected chi connectivity index (χ0v) is 12.2. The van der Waals surface area contributed by atoms with Crippen LogP contribution in [0.5, 0.6) is 0 Å². The zero-order chi connectivity index (χ0) is 13.4. The SMILES string of the molecule is CCc1ccc2c(c1)Cc1cccc(CC)c1[S+]2[O-]. The molecule has 1 unspecified atom stereocenters. The van der Waals surface area contributed by atoms with Crippen molar-refractivity contribution in [3.63, 3.8) is 0 Å². The summed E-state index contributed by atoms with van der Waals surface area (Å²) in [6.45, 7) is 4.28. The molecule has 2 aromatic rings. The van der Waals surface area contributed by atoms with Crippen LogP contribution in [-0.2, 0) is 30.4 Å². The number of aryl methyl sites for hydroxylation is 2. The zero-order valence-electron chi connectivity index (χ0n) is 11.4. The molecule has 1 nitrogen and oxygen atoms in total. The molecule has 0 fully saturated rings. The van der Waals surface area contributed by atoms with Gasteiger partial charge in [-0.25, -0.2) is 0 Å². The molecule has 1 aliphatic rings. The van der Waals surface area contributed by atoms with Crippen LogP contribution in [0.15, 0.2) is 46.2 Å². The molecule has 0 bridgehead atoms. The molecule has 0 radical (unpaired) electrons. The van der Waals surface area contributed by atoms with Gasteiger partial charge in [-0.1, -0.05) is 44.2 Å². The van der Waals surface area contributed by atoms with Gasteiger partial charge in [-0.05, 0) is 24.5 Å². The van der Waals surface area contributed by atoms with Crippen molar-refractivity contribution in [3.05, 3.63) is 58.7 Å². The van der Waals surface area contributed by atoms with Gasteiger partial charge in [0.05, 0.1) is 0 Å². The highest BCUT2D eigenvalue weighted by molar-refractivity contribution is 7.91. The Hall–Kier alpha value is -1.25. The van der Waals surface area contributed by atoms with Gasteiger partial charge in [-0.2, -0.15) is 0 Å². The number of fused-ring (bicyclic) bond motifs is 2. The van der Waals surface area contributed by atoms with Crippen LogP contribution in [0.3, 0.4) is 0 Å². The maximum Gasteiger partial charge on any atom is 0.165 e. The fourth-order valence-corrected chi connectivity index (χ4v) is 4.39. The molecule has 0 saturated carbocycles. The standard InChI is InChI=1S/C17H18OS/c1-3-12-8-9-16-15(10-12)11-14-7-5-6-13(4-2)17(14)19(16)18/h5-10H,3-4,11H2,1-2H3. The van der Waals surface area contributed by atoms with E-state index in [1.807, 2.05) is 0 Å². The quantitative estimate of drug-likeness (QED) is 0.759. The van der Waals surface area contributed by atoms with Gasteiger partial charge in [-0.15, -0.1) is 0 Å². The lowest BCUT2D eigenvalue weighted by Crippen LogP contribution is -2.17. The molecule has 0 saturated heterocycles. The van der Waals surface area contributed by atoms with Crippen LogP contribution in [-0.4, -0.2) is 4.55 Å². The van der Waals surface area contributed by atoms with E-state index in [2.05, 4.69) is 50.2 Å². The van der Waals surface area contributed by atoms with Crippen molar-refractivity contribution >= 4 is 11.2 Å². The van der Waals surface area contributed by atoms with E-state index in [1.54, 1.807) is 0 Å². The van der Waals surface area contributed by atoms with Gasteiger partial charge in [-0.3, -0.25) is 0 Å². The van der Waals surface area contributed by atoms with Gasteiger partial charge in [0.1, 0.15) is 0 Å². The minimum atomic E-state index is -1.01. The molecule has 1 aliphatic heterocycles. The molecule has 2 aromatic carbocycles. The third-order valence-electron chi connectivity index (χ3n) is 3.86. The minimum absolute atomic E-state index is 0.915. The number of rotatable bonds is 2. The largest absolute Gasteiger partial charge is 0.606 e. The smallest absolute Gasteiger partial charge is 0.165 e. The molecular weight excluding hydrogens is 252 g/mol. The lowest BCUT2D eigenvalue weighted by molar-refractivity contribution is 0.589. The van der Waals surface area contributed by atoms with Gasteiger partial charge >= 0.3 is 0 Å². The molecule has 0 amide bonds. The Morgan fingerprint density at radius 3 is 2.63 bits per heavy atom. The van der Waals surface area contributed by atoms with Crippen LogP contribution >= 0.6 is 0 Å². The Balaban J connectivity index is 2.14. The lowest BCUT2D eigenvalue weighted by Gasteiger charge is -2.24. The van der Waals surface area contributed by atoms with Crippen LogP contribution in [0, 0.1) is 0 Å². The van der Waals surface area contributed by atoms with E-state index in [-0.39, 0.29) is 0 Å². The highest BCUT2D eigenvalue weighted by Crippen LogP contribution is 2.36. The van der Waals surface area contributed by atoms with E-state index in [1.165, 1.54) is 22.3 Å². The second kappa shape index (κ2) is 5.03. The second-order valence-electron chi connectivity index (χ2n) is 5.00. The third kappa shape index (κ3) is 2.09. The molecular formula is C17H18OS. The number of hydrogen-bond acceptors (Lipinski definition) is 1. The fourth-order valence-electron chi connectivity index (χ4n) is 2.78. The van der Waals surface area contributed by atoms with Crippen LogP contribution < -0.4 is 0 Å². The molecule has 0 aromatic heterocycles. The molecule has 98 valence electrons. The van der Waals surface area contributed by atoms with Gasteiger partial charge < -0.3 is 4.55 Å². The number of benzene rings is 2. The summed E-state index contributed by atoms with van der Waals surface area (Å²) in [6, 6.07) is 12.7. The summed E-state index contributed by atoms with van der Waals surface area (Å²) in [5.41, 5.74) is 5.02. The molecule has 1 heterocycles. The summed E-state index contributed by atoms with van der Waals surface area (Å²) < 4.78 is 12.8. The molecule has 1 atom stereocenters. The highest BCUT2D eigenvalue weighted by Gasteiger charge is 2.30. The summed E-state index contributed by atoms with van der Waals surface area (Å²) in [5.74, 6) is 0. The maximum absolute atomic E-state index is 12.8. The second-order valence-corrected chi connectivity index (χ2v) is 6.39. The first-order chi connectivity index (χ1) is 9.24. The van der Waals surface area contributed by atoms with Crippen molar-refractivity contribution in [3.8, 4) is 0 Å². The third-order valence-corrected chi connectivity index (χ3v) is 5.55. The van der Waals surface area contributed by atoms with E-state index in [0.717, 1.165) is 29.1 Å². The van der Waals surface area contributed by atoms with E-state index in [9.17, 15) is 4.55 Å². The van der Waals surface area contributed by atoms with Gasteiger partial charge in [0.25, 0.3) is 0 Å². The lowest BCUT2D eigenvalue weighted by atomic mass is 9.99. The first-order valence-corrected chi connectivity index (χ1v) is 8.04. The average molecular weight is 270 g/mol. The van der Waals surface area contributed by atoms with Gasteiger partial charge in [0.15, 0.2) is 9.79 Å². The van der Waals surface area contributed by atoms with Crippen molar-refractivity contribution in [1.82, 2.24) is 0 Å². The first-order valence-electron chi connectivity index (χ1n) is 6.89. The van der Waals surface area contributed by atoms with Gasteiger partial charge in [0.2, 0.25) is 0 Å². The van der Waals surface area contributed by atoms with Gasteiger partial charge in [0, 0.05) is 34.3 Å². The van der Waals surface area contributed by atoms with E-state index < -0.39 is 11.2 Å². The van der Waals surface area contributed by atoms with Crippen LogP contribution in [0.25, 0.3) is 0 Å². The van der Waals surface area contributed by atoms with E-state index in [4.69, 9.17) is 0 Å². The molecule has 2 heteroatoms. The first kappa shape index (κ1) is 12.8. The summed E-state index contributed by atoms with van der Waals surface area (Å²) in [6.07, 6.45) is 2.89. The highest BCUT2D eigenvalue weighted by atomic mass is 32.2. The predicted octanol–water partition coefficient (Wildman–Crippen LogP) is 3.88. The summed E-state index contributed by atoms with van der Waals surface area (Å²) in [4.78, 5) is 2.06. The maximum atomic E-state index is 12.8. The van der Waals surface area contributed by atoms with E-state index in [0.29, 0.717) is 0 Å². The Labute approximate surface area is 117 Å². The minimum Gasteiger partial charge on any atom is -0.606 e. The summed E-state index contributed by atoms with van der Waals surface area (Å²) >= 11 is -1.01. The van der Waals surface area contributed by atoms with Crippen LogP contribution in [0.4, 0.5) is 0 Å². The Kier molecular flexibility index (Phi) is 3.38. The molecule has 0 aliphatic carbocycles. The summed E-state index contributed by atoms with van der Waals surface area (Å²) in [5, 5.41) is 0. The monoisotopic (exact) mass is 270 g/mol. The molecule has 3 rings (SSSR count). The van der Waals surface area contributed by atoms with Crippen LogP contribution in [0.2, 0.25) is 0 Å². The molecule has 19 heavy (non-hydrogen) atoms. The normalized spacial score (nSPS) is 16.9.